The van der Waals surface area contributed by atoms with E-state index in [4.69, 9.17) is 4.74 Å². The van der Waals surface area contributed by atoms with E-state index in [1.54, 1.807) is 36.3 Å². The number of thioether (sulfide) groups is 1. The lowest BCUT2D eigenvalue weighted by Crippen LogP contribution is -2.34. The molecule has 0 unspecified atom stereocenters. The minimum Gasteiger partial charge on any atom is -0.497 e. The summed E-state index contributed by atoms with van der Waals surface area (Å²) in [5.41, 5.74) is 0.600. The third kappa shape index (κ3) is 4.07. The van der Waals surface area contributed by atoms with Crippen molar-refractivity contribution in [3.05, 3.63) is 59.7 Å². The van der Waals surface area contributed by atoms with E-state index in [9.17, 15) is 18.0 Å². The summed E-state index contributed by atoms with van der Waals surface area (Å²) in [6.07, 6.45) is -4.37. The van der Waals surface area contributed by atoms with Crippen LogP contribution in [0.15, 0.2) is 48.5 Å². The number of ether oxygens (including phenoxy) is 1. The molecule has 0 radical (unpaired) electrons. The molecule has 0 bridgehead atoms. The molecule has 2 aromatic carbocycles. The average molecular weight is 382 g/mol. The Bertz CT molecular complexity index is 764. The molecule has 138 valence electrons. The van der Waals surface area contributed by atoms with Crippen LogP contribution in [0.25, 0.3) is 0 Å². The van der Waals surface area contributed by atoms with E-state index >= 15 is 0 Å². The number of urea groups is 1. The first-order valence-electron chi connectivity index (χ1n) is 7.89. The summed E-state index contributed by atoms with van der Waals surface area (Å²) >= 11 is 1.53. The Morgan fingerprint density at radius 2 is 1.81 bits per heavy atom. The smallest absolute Gasteiger partial charge is 0.416 e. The van der Waals surface area contributed by atoms with Crippen molar-refractivity contribution in [3.63, 3.8) is 0 Å². The Labute approximate surface area is 153 Å². The summed E-state index contributed by atoms with van der Waals surface area (Å²) in [6.45, 7) is 0.526. The molecule has 8 heteroatoms. The van der Waals surface area contributed by atoms with Crippen molar-refractivity contribution in [1.82, 2.24) is 4.90 Å². The van der Waals surface area contributed by atoms with E-state index in [1.807, 2.05) is 0 Å². The maximum atomic E-state index is 12.7. The van der Waals surface area contributed by atoms with Crippen LogP contribution in [0.3, 0.4) is 0 Å². The van der Waals surface area contributed by atoms with Crippen LogP contribution in [0.2, 0.25) is 0 Å². The number of rotatable bonds is 3. The second-order valence-corrected chi connectivity index (χ2v) is 6.88. The number of benzene rings is 2. The maximum Gasteiger partial charge on any atom is 0.416 e. The van der Waals surface area contributed by atoms with Gasteiger partial charge in [-0.15, -0.1) is 11.8 Å². The fourth-order valence-corrected chi connectivity index (χ4v) is 3.92. The SMILES string of the molecule is COc1ccc(NC(=O)N2CCS[C@@H]2c2ccc(C(F)(F)F)cc2)cc1. The maximum absolute atomic E-state index is 12.7. The minimum atomic E-state index is -4.37. The second kappa shape index (κ2) is 7.49. The van der Waals surface area contributed by atoms with Crippen LogP contribution in [-0.4, -0.2) is 30.3 Å². The molecule has 26 heavy (non-hydrogen) atoms. The number of carbonyl (C=O) groups excluding carboxylic acids is 1. The molecule has 4 nitrogen and oxygen atoms in total. The zero-order chi connectivity index (χ0) is 18.7. The number of alkyl halides is 3. The van der Waals surface area contributed by atoms with Gasteiger partial charge in [-0.3, -0.25) is 0 Å². The summed E-state index contributed by atoms with van der Waals surface area (Å²) in [5.74, 6) is 1.41. The summed E-state index contributed by atoms with van der Waals surface area (Å²) in [6, 6.07) is 11.6. The van der Waals surface area contributed by atoms with E-state index in [0.29, 0.717) is 23.5 Å². The standard InChI is InChI=1S/C18H17F3N2O2S/c1-25-15-8-6-14(7-9-15)22-17(24)23-10-11-26-16(23)12-2-4-13(5-3-12)18(19,20)21/h2-9,16H,10-11H2,1H3,(H,22,24)/t16-/m1/s1. The first kappa shape index (κ1) is 18.4. The quantitative estimate of drug-likeness (QED) is 0.813. The number of carbonyl (C=O) groups is 1. The monoisotopic (exact) mass is 382 g/mol. The van der Waals surface area contributed by atoms with Gasteiger partial charge in [0.25, 0.3) is 0 Å². The molecule has 1 N–H and O–H groups in total. The molecule has 2 amide bonds. The Hall–Kier alpha value is -2.35. The third-order valence-electron chi connectivity index (χ3n) is 4.02. The molecular formula is C18H17F3N2O2S. The summed E-state index contributed by atoms with van der Waals surface area (Å²) in [7, 11) is 1.56. The van der Waals surface area contributed by atoms with Gasteiger partial charge in [-0.25, -0.2) is 4.79 Å². The van der Waals surface area contributed by atoms with Crippen LogP contribution in [0.5, 0.6) is 5.75 Å². The highest BCUT2D eigenvalue weighted by molar-refractivity contribution is 7.99. The fourth-order valence-electron chi connectivity index (χ4n) is 2.66. The van der Waals surface area contributed by atoms with Crippen molar-refractivity contribution in [3.8, 4) is 5.75 Å². The highest BCUT2D eigenvalue weighted by Gasteiger charge is 2.33. The van der Waals surface area contributed by atoms with Crippen LogP contribution in [0, 0.1) is 0 Å². The molecule has 1 aliphatic rings. The van der Waals surface area contributed by atoms with Gasteiger partial charge in [0.05, 0.1) is 12.7 Å². The fraction of sp³-hybridized carbons (Fsp3) is 0.278. The zero-order valence-corrected chi connectivity index (χ0v) is 14.7. The largest absolute Gasteiger partial charge is 0.497 e. The molecule has 0 saturated carbocycles. The van der Waals surface area contributed by atoms with Crippen LogP contribution in [0.1, 0.15) is 16.5 Å². The van der Waals surface area contributed by atoms with E-state index in [1.165, 1.54) is 23.9 Å². The van der Waals surface area contributed by atoms with Gasteiger partial charge < -0.3 is 15.0 Å². The predicted octanol–water partition coefficient (Wildman–Crippen LogP) is 4.99. The Morgan fingerprint density at radius 3 is 2.38 bits per heavy atom. The summed E-state index contributed by atoms with van der Waals surface area (Å²) in [5, 5.41) is 2.50. The summed E-state index contributed by atoms with van der Waals surface area (Å²) in [4.78, 5) is 14.2. The van der Waals surface area contributed by atoms with Crippen molar-refractivity contribution >= 4 is 23.5 Å². The van der Waals surface area contributed by atoms with Gasteiger partial charge in [0.1, 0.15) is 11.1 Å². The van der Waals surface area contributed by atoms with Gasteiger partial charge in [-0.05, 0) is 42.0 Å². The van der Waals surface area contributed by atoms with Crippen LogP contribution >= 0.6 is 11.8 Å². The molecule has 1 heterocycles. The summed E-state index contributed by atoms with van der Waals surface area (Å²) < 4.78 is 43.2. The van der Waals surface area contributed by atoms with Crippen molar-refractivity contribution in [2.75, 3.05) is 24.7 Å². The van der Waals surface area contributed by atoms with Crippen LogP contribution in [-0.2, 0) is 6.18 Å². The normalized spacial score (nSPS) is 17.2. The van der Waals surface area contributed by atoms with Gasteiger partial charge in [0.2, 0.25) is 0 Å². The van der Waals surface area contributed by atoms with E-state index in [0.717, 1.165) is 17.9 Å². The first-order valence-corrected chi connectivity index (χ1v) is 8.94. The molecule has 1 saturated heterocycles. The molecule has 1 atom stereocenters. The van der Waals surface area contributed by atoms with E-state index < -0.39 is 11.7 Å². The van der Waals surface area contributed by atoms with Crippen molar-refractivity contribution in [2.24, 2.45) is 0 Å². The number of hydrogen-bond acceptors (Lipinski definition) is 3. The molecule has 0 aromatic heterocycles. The Balaban J connectivity index is 1.71. The van der Waals surface area contributed by atoms with E-state index in [2.05, 4.69) is 5.32 Å². The lowest BCUT2D eigenvalue weighted by molar-refractivity contribution is -0.137. The van der Waals surface area contributed by atoms with Gasteiger partial charge in [-0.2, -0.15) is 13.2 Å². The number of anilines is 1. The number of nitrogens with one attached hydrogen (secondary N) is 1. The van der Waals surface area contributed by atoms with E-state index in [-0.39, 0.29) is 11.4 Å². The molecule has 1 aliphatic heterocycles. The zero-order valence-electron chi connectivity index (χ0n) is 13.9. The number of halogens is 3. The number of hydrogen-bond donors (Lipinski definition) is 1. The van der Waals surface area contributed by atoms with Crippen LogP contribution in [0.4, 0.5) is 23.7 Å². The van der Waals surface area contributed by atoms with Gasteiger partial charge in [0.15, 0.2) is 0 Å². The predicted molar refractivity (Wildman–Crippen MR) is 95.4 cm³/mol. The lowest BCUT2D eigenvalue weighted by Gasteiger charge is -2.24. The average Bonchev–Trinajstić information content (AvgIpc) is 3.11. The third-order valence-corrected chi connectivity index (χ3v) is 5.28. The molecule has 3 rings (SSSR count). The van der Waals surface area contributed by atoms with Crippen LogP contribution < -0.4 is 10.1 Å². The van der Waals surface area contributed by atoms with Crippen molar-refractivity contribution in [2.45, 2.75) is 11.6 Å². The second-order valence-electron chi connectivity index (χ2n) is 5.69. The van der Waals surface area contributed by atoms with Crippen molar-refractivity contribution in [1.29, 1.82) is 0 Å². The molecule has 0 spiro atoms. The molecule has 2 aromatic rings. The van der Waals surface area contributed by atoms with Gasteiger partial charge >= 0.3 is 12.2 Å². The van der Waals surface area contributed by atoms with Gasteiger partial charge in [-0.1, -0.05) is 12.1 Å². The topological polar surface area (TPSA) is 41.6 Å². The molecular weight excluding hydrogens is 365 g/mol. The lowest BCUT2D eigenvalue weighted by atomic mass is 10.1. The molecule has 1 fully saturated rings. The highest BCUT2D eigenvalue weighted by atomic mass is 32.2. The minimum absolute atomic E-state index is 0.287. The Morgan fingerprint density at radius 1 is 1.15 bits per heavy atom. The number of nitrogens with zero attached hydrogens (tertiary/aromatic N) is 1. The first-order chi connectivity index (χ1) is 12.4. The Kier molecular flexibility index (Phi) is 5.31. The number of amides is 2. The van der Waals surface area contributed by atoms with Gasteiger partial charge in [0, 0.05) is 18.0 Å². The number of methoxy groups -OCH3 is 1. The molecule has 0 aliphatic carbocycles. The highest BCUT2D eigenvalue weighted by Crippen LogP contribution is 2.39. The van der Waals surface area contributed by atoms with Crippen molar-refractivity contribution < 1.29 is 22.7 Å².